The predicted molar refractivity (Wildman–Crippen MR) is 89.3 cm³/mol. The van der Waals surface area contributed by atoms with Crippen LogP contribution in [0.3, 0.4) is 0 Å². The molecular weight excluding hydrogens is 291 g/mol. The molecule has 0 saturated heterocycles. The van der Waals surface area contributed by atoms with E-state index in [9.17, 15) is 9.18 Å². The molecule has 0 bridgehead atoms. The number of nitrogens with two attached hydrogens (primary N) is 1. The summed E-state index contributed by atoms with van der Waals surface area (Å²) in [7, 11) is 0. The first-order valence-electron chi connectivity index (χ1n) is 7.79. The van der Waals surface area contributed by atoms with Gasteiger partial charge >= 0.3 is 0 Å². The fourth-order valence-electron chi connectivity index (χ4n) is 2.84. The van der Waals surface area contributed by atoms with Crippen molar-refractivity contribution in [1.82, 2.24) is 5.32 Å². The van der Waals surface area contributed by atoms with Crippen molar-refractivity contribution in [2.75, 3.05) is 5.73 Å². The second-order valence-corrected chi connectivity index (χ2v) is 6.76. The van der Waals surface area contributed by atoms with Crippen LogP contribution >= 0.6 is 0 Å². The van der Waals surface area contributed by atoms with Crippen molar-refractivity contribution in [2.45, 2.75) is 37.6 Å². The van der Waals surface area contributed by atoms with E-state index < -0.39 is 11.0 Å². The van der Waals surface area contributed by atoms with Crippen molar-refractivity contribution in [1.29, 1.82) is 0 Å². The average molecular weight is 312 g/mol. The molecule has 0 atom stereocenters. The van der Waals surface area contributed by atoms with Crippen molar-refractivity contribution in [2.24, 2.45) is 0 Å². The highest BCUT2D eigenvalue weighted by Gasteiger charge is 2.49. The molecule has 1 fully saturated rings. The number of anilines is 1. The molecule has 0 unspecified atom stereocenters. The number of amides is 1. The van der Waals surface area contributed by atoms with Crippen molar-refractivity contribution in [3.63, 3.8) is 0 Å². The van der Waals surface area contributed by atoms with E-state index in [1.54, 1.807) is 30.3 Å². The van der Waals surface area contributed by atoms with Crippen LogP contribution in [0.1, 0.15) is 37.8 Å². The van der Waals surface area contributed by atoms with E-state index >= 15 is 0 Å². The standard InChI is InChI=1S/C19H21FN2O/c1-18(2,13-7-9-14(21)10-8-13)17(23)22-19(11-12-19)15-5-3-4-6-16(15)20/h3-10H,11-12,21H2,1-2H3,(H,22,23). The normalized spacial score (nSPS) is 16.0. The summed E-state index contributed by atoms with van der Waals surface area (Å²) in [5.74, 6) is -0.376. The van der Waals surface area contributed by atoms with E-state index in [-0.39, 0.29) is 11.7 Å². The van der Waals surface area contributed by atoms with Crippen molar-refractivity contribution >= 4 is 11.6 Å². The Morgan fingerprint density at radius 2 is 1.74 bits per heavy atom. The maximum absolute atomic E-state index is 14.1. The Labute approximate surface area is 135 Å². The number of hydrogen-bond donors (Lipinski definition) is 2. The zero-order valence-electron chi connectivity index (χ0n) is 13.4. The van der Waals surface area contributed by atoms with E-state index in [0.29, 0.717) is 11.3 Å². The van der Waals surface area contributed by atoms with Gasteiger partial charge in [0.25, 0.3) is 0 Å². The summed E-state index contributed by atoms with van der Waals surface area (Å²) >= 11 is 0. The van der Waals surface area contributed by atoms with Crippen LogP contribution in [0, 0.1) is 5.82 Å². The largest absolute Gasteiger partial charge is 0.399 e. The first kappa shape index (κ1) is 15.5. The van der Waals surface area contributed by atoms with Crippen molar-refractivity contribution in [3.05, 3.63) is 65.5 Å². The van der Waals surface area contributed by atoms with Crippen LogP contribution in [0.25, 0.3) is 0 Å². The van der Waals surface area contributed by atoms with Crippen LogP contribution in [-0.2, 0) is 15.7 Å². The molecule has 1 aliphatic rings. The molecule has 0 heterocycles. The highest BCUT2D eigenvalue weighted by molar-refractivity contribution is 5.88. The third-order valence-electron chi connectivity index (χ3n) is 4.69. The lowest BCUT2D eigenvalue weighted by Gasteiger charge is -2.28. The van der Waals surface area contributed by atoms with Crippen LogP contribution in [-0.4, -0.2) is 5.91 Å². The molecular formula is C19H21FN2O. The molecule has 2 aromatic rings. The molecule has 1 saturated carbocycles. The summed E-state index contributed by atoms with van der Waals surface area (Å²) in [5, 5.41) is 3.07. The molecule has 3 nitrogen and oxygen atoms in total. The second-order valence-electron chi connectivity index (χ2n) is 6.76. The Bertz CT molecular complexity index is 733. The number of benzene rings is 2. The lowest BCUT2D eigenvalue weighted by molar-refractivity contribution is -0.126. The summed E-state index contributed by atoms with van der Waals surface area (Å²) in [5.41, 5.74) is 6.55. The minimum Gasteiger partial charge on any atom is -0.399 e. The molecule has 1 amide bonds. The average Bonchev–Trinajstić information content (AvgIpc) is 3.28. The third-order valence-corrected chi connectivity index (χ3v) is 4.69. The zero-order chi connectivity index (χ0) is 16.7. The zero-order valence-corrected chi connectivity index (χ0v) is 13.4. The Morgan fingerprint density at radius 3 is 2.30 bits per heavy atom. The summed E-state index contributed by atoms with van der Waals surface area (Å²) < 4.78 is 14.1. The minimum atomic E-state index is -0.714. The van der Waals surface area contributed by atoms with Gasteiger partial charge < -0.3 is 11.1 Å². The molecule has 0 spiro atoms. The lowest BCUT2D eigenvalue weighted by Crippen LogP contribution is -2.45. The SMILES string of the molecule is CC(C)(C(=O)NC1(c2ccccc2F)CC1)c1ccc(N)cc1. The number of carbonyl (C=O) groups is 1. The number of nitrogen functional groups attached to an aromatic ring is 1. The second kappa shape index (κ2) is 5.37. The summed E-state index contributed by atoms with van der Waals surface area (Å²) in [6.45, 7) is 3.73. The van der Waals surface area contributed by atoms with E-state index in [1.807, 2.05) is 26.0 Å². The fourth-order valence-corrected chi connectivity index (χ4v) is 2.84. The van der Waals surface area contributed by atoms with Gasteiger partial charge in [0, 0.05) is 11.3 Å². The van der Waals surface area contributed by atoms with Gasteiger partial charge in [-0.2, -0.15) is 0 Å². The van der Waals surface area contributed by atoms with Gasteiger partial charge in [-0.15, -0.1) is 0 Å². The van der Waals surface area contributed by atoms with Gasteiger partial charge in [0.15, 0.2) is 0 Å². The molecule has 0 radical (unpaired) electrons. The number of carbonyl (C=O) groups excluding carboxylic acids is 1. The number of nitrogens with one attached hydrogen (secondary N) is 1. The van der Waals surface area contributed by atoms with Crippen LogP contribution in [0.4, 0.5) is 10.1 Å². The number of halogens is 1. The van der Waals surface area contributed by atoms with Crippen LogP contribution < -0.4 is 11.1 Å². The third kappa shape index (κ3) is 2.81. The maximum atomic E-state index is 14.1. The Hall–Kier alpha value is -2.36. The maximum Gasteiger partial charge on any atom is 0.230 e. The molecule has 0 aromatic heterocycles. The summed E-state index contributed by atoms with van der Waals surface area (Å²) in [4.78, 5) is 12.8. The molecule has 120 valence electrons. The van der Waals surface area contributed by atoms with Gasteiger partial charge in [-0.3, -0.25) is 4.79 Å². The van der Waals surface area contributed by atoms with Gasteiger partial charge in [0.1, 0.15) is 5.82 Å². The molecule has 2 aromatic carbocycles. The number of hydrogen-bond acceptors (Lipinski definition) is 2. The van der Waals surface area contributed by atoms with E-state index in [0.717, 1.165) is 18.4 Å². The first-order valence-corrected chi connectivity index (χ1v) is 7.79. The monoisotopic (exact) mass is 312 g/mol. The number of rotatable bonds is 4. The quantitative estimate of drug-likeness (QED) is 0.849. The molecule has 3 rings (SSSR count). The van der Waals surface area contributed by atoms with E-state index in [1.165, 1.54) is 6.07 Å². The molecule has 4 heteroatoms. The Morgan fingerprint density at radius 1 is 1.13 bits per heavy atom. The smallest absolute Gasteiger partial charge is 0.230 e. The fraction of sp³-hybridized carbons (Fsp3) is 0.316. The Kier molecular flexibility index (Phi) is 3.63. The van der Waals surface area contributed by atoms with Gasteiger partial charge in [0.05, 0.1) is 11.0 Å². The molecule has 1 aliphatic carbocycles. The topological polar surface area (TPSA) is 55.1 Å². The Balaban J connectivity index is 1.84. The van der Waals surface area contributed by atoms with Crippen LogP contribution in [0.15, 0.2) is 48.5 Å². The summed E-state index contributed by atoms with van der Waals surface area (Å²) in [6.07, 6.45) is 1.52. The van der Waals surface area contributed by atoms with Gasteiger partial charge in [-0.25, -0.2) is 4.39 Å². The van der Waals surface area contributed by atoms with Crippen LogP contribution in [0.2, 0.25) is 0 Å². The van der Waals surface area contributed by atoms with Gasteiger partial charge in [-0.1, -0.05) is 30.3 Å². The van der Waals surface area contributed by atoms with Crippen molar-refractivity contribution in [3.8, 4) is 0 Å². The van der Waals surface area contributed by atoms with Crippen molar-refractivity contribution < 1.29 is 9.18 Å². The first-order chi connectivity index (χ1) is 10.8. The molecule has 3 N–H and O–H groups in total. The highest BCUT2D eigenvalue weighted by Crippen LogP contribution is 2.47. The molecule has 23 heavy (non-hydrogen) atoms. The predicted octanol–water partition coefficient (Wildman–Crippen LogP) is 3.49. The van der Waals surface area contributed by atoms with E-state index in [4.69, 9.17) is 5.73 Å². The highest BCUT2D eigenvalue weighted by atomic mass is 19.1. The van der Waals surface area contributed by atoms with Crippen LogP contribution in [0.5, 0.6) is 0 Å². The lowest BCUT2D eigenvalue weighted by atomic mass is 9.83. The van der Waals surface area contributed by atoms with Gasteiger partial charge in [-0.05, 0) is 50.5 Å². The molecule has 0 aliphatic heterocycles. The van der Waals surface area contributed by atoms with Gasteiger partial charge in [0.2, 0.25) is 5.91 Å². The minimum absolute atomic E-state index is 0.108. The summed E-state index contributed by atoms with van der Waals surface area (Å²) in [6, 6.07) is 13.9. The van der Waals surface area contributed by atoms with E-state index in [2.05, 4.69) is 5.32 Å².